The van der Waals surface area contributed by atoms with Crippen LogP contribution in [0.4, 0.5) is 0 Å². The van der Waals surface area contributed by atoms with Crippen LogP contribution in [-0.4, -0.2) is 10.1 Å². The first-order valence-electron chi connectivity index (χ1n) is 9.99. The summed E-state index contributed by atoms with van der Waals surface area (Å²) in [5.41, 5.74) is 8.03. The second-order valence-corrected chi connectivity index (χ2v) is 8.81. The summed E-state index contributed by atoms with van der Waals surface area (Å²) in [5, 5.41) is 1.13. The lowest BCUT2D eigenvalue weighted by molar-refractivity contribution is 0.411. The molecule has 0 fully saturated rings. The summed E-state index contributed by atoms with van der Waals surface area (Å²) in [7, 11) is 0. The summed E-state index contributed by atoms with van der Waals surface area (Å²) in [6.45, 7) is 4.44. The van der Waals surface area contributed by atoms with Crippen LogP contribution in [0.2, 0.25) is 0 Å². The Hall–Kier alpha value is -2.52. The van der Waals surface area contributed by atoms with Crippen LogP contribution in [0, 0.1) is 0 Å². The fourth-order valence-electron chi connectivity index (χ4n) is 4.40. The molecule has 3 aliphatic rings. The van der Waals surface area contributed by atoms with E-state index in [9.17, 15) is 0 Å². The van der Waals surface area contributed by atoms with Crippen molar-refractivity contribution >= 4 is 23.0 Å². The Labute approximate surface area is 171 Å². The minimum atomic E-state index is 0.258. The second kappa shape index (κ2) is 7.14. The van der Waals surface area contributed by atoms with Gasteiger partial charge in [0.25, 0.3) is 0 Å². The van der Waals surface area contributed by atoms with Gasteiger partial charge in [-0.05, 0) is 61.5 Å². The molecule has 0 N–H and O–H groups in total. The van der Waals surface area contributed by atoms with Crippen LogP contribution in [0.5, 0.6) is 0 Å². The number of hydrogen-bond acceptors (Lipinski definition) is 3. The third kappa shape index (κ3) is 2.94. The highest BCUT2D eigenvalue weighted by atomic mass is 32.2. The van der Waals surface area contributed by atoms with Crippen LogP contribution in [0.25, 0.3) is 6.08 Å². The van der Waals surface area contributed by atoms with Gasteiger partial charge < -0.3 is 4.90 Å². The molecule has 2 nitrogen and oxygen atoms in total. The fourth-order valence-corrected chi connectivity index (χ4v) is 5.40. The van der Waals surface area contributed by atoms with Crippen LogP contribution in [-0.2, 0) is 0 Å². The molecule has 1 unspecified atom stereocenters. The number of fused-ring (bicyclic) bond motifs is 1. The van der Waals surface area contributed by atoms with Gasteiger partial charge in [-0.2, -0.15) is 0 Å². The molecule has 1 atom stereocenters. The SMILES string of the molecule is CC1=C(C)N2C(=NC3=C(CCC/C3=C/c3ccccc3)C2c2ccccc2)S1. The van der Waals surface area contributed by atoms with E-state index in [1.54, 1.807) is 0 Å². The molecule has 0 saturated carbocycles. The Morgan fingerprint density at radius 3 is 2.43 bits per heavy atom. The van der Waals surface area contributed by atoms with Gasteiger partial charge in [0.15, 0.2) is 5.17 Å². The molecule has 5 rings (SSSR count). The molecule has 0 bridgehead atoms. The third-order valence-corrected chi connectivity index (χ3v) is 6.95. The maximum atomic E-state index is 5.20. The Kier molecular flexibility index (Phi) is 4.48. The summed E-state index contributed by atoms with van der Waals surface area (Å²) >= 11 is 1.81. The van der Waals surface area contributed by atoms with E-state index >= 15 is 0 Å². The maximum Gasteiger partial charge on any atom is 0.174 e. The standard InChI is InChI=1S/C25H24N2S/c1-17-18(2)28-25-26-23-21(16-19-10-5-3-6-11-19)14-9-15-22(23)24(27(17)25)20-12-7-4-8-13-20/h3-8,10-13,16,24H,9,14-15H2,1-2H3/b21-16-. The van der Waals surface area contributed by atoms with E-state index in [1.165, 1.54) is 45.0 Å². The van der Waals surface area contributed by atoms with E-state index in [1.807, 2.05) is 11.8 Å². The first-order chi connectivity index (χ1) is 13.7. The Balaban J connectivity index is 1.67. The first-order valence-corrected chi connectivity index (χ1v) is 10.8. The molecule has 0 spiro atoms. The average Bonchev–Trinajstić information content (AvgIpc) is 3.02. The van der Waals surface area contributed by atoms with Gasteiger partial charge in [0.2, 0.25) is 0 Å². The van der Waals surface area contributed by atoms with E-state index in [0.717, 1.165) is 18.0 Å². The van der Waals surface area contributed by atoms with Crippen molar-refractivity contribution < 1.29 is 0 Å². The van der Waals surface area contributed by atoms with Gasteiger partial charge in [-0.15, -0.1) is 0 Å². The number of amidine groups is 1. The molecular formula is C25H24N2S. The molecule has 2 aromatic carbocycles. The topological polar surface area (TPSA) is 15.6 Å². The Morgan fingerprint density at radius 1 is 0.964 bits per heavy atom. The van der Waals surface area contributed by atoms with Crippen LogP contribution >= 0.6 is 11.8 Å². The summed E-state index contributed by atoms with van der Waals surface area (Å²) in [4.78, 5) is 9.01. The van der Waals surface area contributed by atoms with Crippen LogP contribution in [0.15, 0.2) is 93.1 Å². The highest BCUT2D eigenvalue weighted by Gasteiger charge is 2.39. The molecule has 0 amide bonds. The molecule has 2 aromatic rings. The van der Waals surface area contributed by atoms with Gasteiger partial charge in [0, 0.05) is 10.6 Å². The second-order valence-electron chi connectivity index (χ2n) is 7.63. The smallest absolute Gasteiger partial charge is 0.174 e. The highest BCUT2D eigenvalue weighted by Crippen LogP contribution is 2.50. The van der Waals surface area contributed by atoms with E-state index < -0.39 is 0 Å². The van der Waals surface area contributed by atoms with Crippen molar-refractivity contribution in [2.24, 2.45) is 4.99 Å². The van der Waals surface area contributed by atoms with Gasteiger partial charge in [-0.1, -0.05) is 72.4 Å². The minimum absolute atomic E-state index is 0.258. The third-order valence-electron chi connectivity index (χ3n) is 5.87. The number of allylic oxidation sites excluding steroid dienone is 3. The predicted molar refractivity (Wildman–Crippen MR) is 120 cm³/mol. The summed E-state index contributed by atoms with van der Waals surface area (Å²) in [5.74, 6) is 0. The van der Waals surface area contributed by atoms with Crippen molar-refractivity contribution in [3.8, 4) is 0 Å². The first kappa shape index (κ1) is 17.6. The lowest BCUT2D eigenvalue weighted by Gasteiger charge is -2.39. The van der Waals surface area contributed by atoms with Crippen molar-refractivity contribution in [3.63, 3.8) is 0 Å². The largest absolute Gasteiger partial charge is 0.313 e. The summed E-state index contributed by atoms with van der Waals surface area (Å²) in [6, 6.07) is 21.8. The minimum Gasteiger partial charge on any atom is -0.313 e. The lowest BCUT2D eigenvalue weighted by Crippen LogP contribution is -2.34. The molecule has 0 aromatic heterocycles. The van der Waals surface area contributed by atoms with Crippen molar-refractivity contribution in [2.45, 2.75) is 39.2 Å². The van der Waals surface area contributed by atoms with Gasteiger partial charge in [0.05, 0.1) is 11.7 Å². The van der Waals surface area contributed by atoms with Gasteiger partial charge >= 0.3 is 0 Å². The monoisotopic (exact) mass is 384 g/mol. The lowest BCUT2D eigenvalue weighted by atomic mass is 9.83. The number of benzene rings is 2. The van der Waals surface area contributed by atoms with Gasteiger partial charge in [0.1, 0.15) is 0 Å². The molecule has 140 valence electrons. The average molecular weight is 385 g/mol. The summed E-state index contributed by atoms with van der Waals surface area (Å²) in [6.07, 6.45) is 5.74. The highest BCUT2D eigenvalue weighted by molar-refractivity contribution is 8.17. The van der Waals surface area contributed by atoms with E-state index in [-0.39, 0.29) is 6.04 Å². The number of aliphatic imine (C=N–C) groups is 1. The predicted octanol–water partition coefficient (Wildman–Crippen LogP) is 6.92. The zero-order valence-electron chi connectivity index (χ0n) is 16.4. The number of rotatable bonds is 2. The number of hydrogen-bond donors (Lipinski definition) is 0. The Morgan fingerprint density at radius 2 is 1.68 bits per heavy atom. The maximum absolute atomic E-state index is 5.20. The molecule has 0 saturated heterocycles. The van der Waals surface area contributed by atoms with Crippen molar-refractivity contribution in [3.05, 3.63) is 99.2 Å². The van der Waals surface area contributed by atoms with Crippen molar-refractivity contribution in [2.75, 3.05) is 0 Å². The van der Waals surface area contributed by atoms with Crippen LogP contribution in [0.3, 0.4) is 0 Å². The van der Waals surface area contributed by atoms with E-state index in [0.29, 0.717) is 0 Å². The zero-order valence-corrected chi connectivity index (χ0v) is 17.2. The summed E-state index contributed by atoms with van der Waals surface area (Å²) < 4.78 is 0. The fraction of sp³-hybridized carbons (Fsp3) is 0.240. The quantitative estimate of drug-likeness (QED) is 0.558. The molecule has 1 aliphatic carbocycles. The number of thioether (sulfide) groups is 1. The van der Waals surface area contributed by atoms with E-state index in [2.05, 4.69) is 85.5 Å². The van der Waals surface area contributed by atoms with Crippen molar-refractivity contribution in [1.82, 2.24) is 4.90 Å². The van der Waals surface area contributed by atoms with Gasteiger partial charge in [-0.25, -0.2) is 4.99 Å². The number of nitrogens with zero attached hydrogens (tertiary/aromatic N) is 2. The van der Waals surface area contributed by atoms with Crippen LogP contribution in [0.1, 0.15) is 50.3 Å². The normalized spacial score (nSPS) is 23.1. The molecule has 2 aliphatic heterocycles. The van der Waals surface area contributed by atoms with E-state index in [4.69, 9.17) is 4.99 Å². The molecule has 28 heavy (non-hydrogen) atoms. The van der Waals surface area contributed by atoms with Gasteiger partial charge in [-0.3, -0.25) is 0 Å². The Bertz CT molecular complexity index is 1030. The molecular weight excluding hydrogens is 360 g/mol. The zero-order chi connectivity index (χ0) is 19.1. The molecule has 3 heteroatoms. The van der Waals surface area contributed by atoms with Crippen molar-refractivity contribution in [1.29, 1.82) is 0 Å². The van der Waals surface area contributed by atoms with Crippen LogP contribution < -0.4 is 0 Å². The molecule has 2 heterocycles. The molecule has 0 radical (unpaired) electrons.